The maximum absolute atomic E-state index is 4.57. The molecule has 1 aromatic rings. The molecule has 1 aliphatic rings. The van der Waals surface area contributed by atoms with Gasteiger partial charge in [0, 0.05) is 31.4 Å². The standard InChI is InChI=1S/C16H29N3/c1-4-11-19-12-10-18-15(19)13-14(17-3)16(2)8-6-5-7-9-16/h10,12,14,17H,4-9,11,13H2,1-3H3. The van der Waals surface area contributed by atoms with Crippen LogP contribution in [0.25, 0.3) is 0 Å². The molecule has 0 spiro atoms. The van der Waals surface area contributed by atoms with Crippen molar-refractivity contribution >= 4 is 0 Å². The number of aryl methyl sites for hydroxylation is 1. The van der Waals surface area contributed by atoms with Gasteiger partial charge in [-0.15, -0.1) is 0 Å². The fourth-order valence-corrected chi connectivity index (χ4v) is 3.56. The number of imidazole rings is 1. The maximum Gasteiger partial charge on any atom is 0.110 e. The Morgan fingerprint density at radius 2 is 2.11 bits per heavy atom. The van der Waals surface area contributed by atoms with Crippen LogP contribution in [0.5, 0.6) is 0 Å². The van der Waals surface area contributed by atoms with Crippen LogP contribution in [0.1, 0.15) is 58.2 Å². The van der Waals surface area contributed by atoms with Crippen LogP contribution in [0.15, 0.2) is 12.4 Å². The number of likely N-dealkylation sites (N-methyl/N-ethyl adjacent to an activating group) is 1. The second-order valence-corrected chi connectivity index (χ2v) is 6.30. The molecule has 1 N–H and O–H groups in total. The summed E-state index contributed by atoms with van der Waals surface area (Å²) in [6, 6.07) is 0.547. The molecule has 1 unspecified atom stereocenters. The molecule has 1 saturated carbocycles. The van der Waals surface area contributed by atoms with Gasteiger partial charge in [0.25, 0.3) is 0 Å². The Balaban J connectivity index is 2.07. The molecule has 1 aliphatic carbocycles. The first-order valence-corrected chi connectivity index (χ1v) is 7.87. The van der Waals surface area contributed by atoms with Crippen LogP contribution < -0.4 is 5.32 Å². The Kier molecular flexibility index (Phi) is 5.03. The van der Waals surface area contributed by atoms with Gasteiger partial charge in [-0.2, -0.15) is 0 Å². The van der Waals surface area contributed by atoms with Crippen LogP contribution in [-0.2, 0) is 13.0 Å². The van der Waals surface area contributed by atoms with Crippen LogP contribution in [-0.4, -0.2) is 22.6 Å². The first kappa shape index (κ1) is 14.6. The molecular weight excluding hydrogens is 234 g/mol. The Labute approximate surface area is 117 Å². The van der Waals surface area contributed by atoms with E-state index in [0.29, 0.717) is 11.5 Å². The van der Waals surface area contributed by atoms with E-state index in [1.54, 1.807) is 0 Å². The number of nitrogens with one attached hydrogen (secondary N) is 1. The van der Waals surface area contributed by atoms with E-state index in [1.165, 1.54) is 44.3 Å². The number of aromatic nitrogens is 2. The van der Waals surface area contributed by atoms with E-state index in [0.717, 1.165) is 13.0 Å². The number of rotatable bonds is 6. The fraction of sp³-hybridized carbons (Fsp3) is 0.812. The summed E-state index contributed by atoms with van der Waals surface area (Å²) in [5.41, 5.74) is 0.440. The third-order valence-corrected chi connectivity index (χ3v) is 4.84. The second kappa shape index (κ2) is 6.56. The quantitative estimate of drug-likeness (QED) is 0.852. The van der Waals surface area contributed by atoms with Crippen molar-refractivity contribution in [2.75, 3.05) is 7.05 Å². The third kappa shape index (κ3) is 3.38. The zero-order chi connectivity index (χ0) is 13.7. The predicted octanol–water partition coefficient (Wildman–Crippen LogP) is 3.39. The summed E-state index contributed by atoms with van der Waals surface area (Å²) in [6.45, 7) is 5.77. The van der Waals surface area contributed by atoms with Gasteiger partial charge in [-0.05, 0) is 31.7 Å². The van der Waals surface area contributed by atoms with Crippen molar-refractivity contribution in [3.8, 4) is 0 Å². The SMILES string of the molecule is CCCn1ccnc1CC(NC)C1(C)CCCCC1. The minimum Gasteiger partial charge on any atom is -0.335 e. The molecule has 2 rings (SSSR count). The Bertz CT molecular complexity index is 377. The molecule has 19 heavy (non-hydrogen) atoms. The van der Waals surface area contributed by atoms with Crippen molar-refractivity contribution in [2.24, 2.45) is 5.41 Å². The van der Waals surface area contributed by atoms with Crippen molar-refractivity contribution in [3.63, 3.8) is 0 Å². The van der Waals surface area contributed by atoms with Gasteiger partial charge in [-0.1, -0.05) is 33.1 Å². The average molecular weight is 263 g/mol. The van der Waals surface area contributed by atoms with E-state index < -0.39 is 0 Å². The zero-order valence-corrected chi connectivity index (χ0v) is 12.8. The van der Waals surface area contributed by atoms with Crippen LogP contribution in [0.2, 0.25) is 0 Å². The number of hydrogen-bond acceptors (Lipinski definition) is 2. The molecule has 3 heteroatoms. The minimum absolute atomic E-state index is 0.440. The van der Waals surface area contributed by atoms with Gasteiger partial charge in [0.1, 0.15) is 5.82 Å². The lowest BCUT2D eigenvalue weighted by molar-refractivity contribution is 0.147. The van der Waals surface area contributed by atoms with Gasteiger partial charge >= 0.3 is 0 Å². The normalized spacial score (nSPS) is 20.4. The van der Waals surface area contributed by atoms with Crippen LogP contribution in [0.4, 0.5) is 0 Å². The first-order chi connectivity index (χ1) is 9.19. The summed E-state index contributed by atoms with van der Waals surface area (Å²) in [6.07, 6.45) is 13.2. The van der Waals surface area contributed by atoms with Crippen molar-refractivity contribution in [1.82, 2.24) is 14.9 Å². The van der Waals surface area contributed by atoms with Crippen molar-refractivity contribution in [1.29, 1.82) is 0 Å². The summed E-state index contributed by atoms with van der Waals surface area (Å²) in [7, 11) is 2.11. The second-order valence-electron chi connectivity index (χ2n) is 6.30. The highest BCUT2D eigenvalue weighted by Gasteiger charge is 2.35. The lowest BCUT2D eigenvalue weighted by atomic mass is 9.69. The largest absolute Gasteiger partial charge is 0.335 e. The van der Waals surface area contributed by atoms with Crippen molar-refractivity contribution in [3.05, 3.63) is 18.2 Å². The first-order valence-electron chi connectivity index (χ1n) is 7.87. The lowest BCUT2D eigenvalue weighted by Crippen LogP contribution is -2.45. The van der Waals surface area contributed by atoms with Gasteiger partial charge < -0.3 is 9.88 Å². The maximum atomic E-state index is 4.57. The molecule has 3 nitrogen and oxygen atoms in total. The molecule has 0 saturated heterocycles. The van der Waals surface area contributed by atoms with Crippen LogP contribution in [0.3, 0.4) is 0 Å². The molecule has 0 bridgehead atoms. The zero-order valence-electron chi connectivity index (χ0n) is 12.8. The monoisotopic (exact) mass is 263 g/mol. The van der Waals surface area contributed by atoms with Crippen molar-refractivity contribution < 1.29 is 0 Å². The molecule has 1 fully saturated rings. The van der Waals surface area contributed by atoms with Crippen LogP contribution in [0, 0.1) is 5.41 Å². The van der Waals surface area contributed by atoms with Gasteiger partial charge in [0.05, 0.1) is 0 Å². The molecule has 0 aliphatic heterocycles. The smallest absolute Gasteiger partial charge is 0.110 e. The molecule has 1 heterocycles. The summed E-state index contributed by atoms with van der Waals surface area (Å²) < 4.78 is 2.32. The molecule has 0 amide bonds. The molecule has 1 atom stereocenters. The highest BCUT2D eigenvalue weighted by Crippen LogP contribution is 2.39. The van der Waals surface area contributed by atoms with E-state index in [2.05, 4.69) is 42.0 Å². The fourth-order valence-electron chi connectivity index (χ4n) is 3.56. The average Bonchev–Trinajstić information content (AvgIpc) is 2.84. The molecule has 108 valence electrons. The predicted molar refractivity (Wildman–Crippen MR) is 80.3 cm³/mol. The van der Waals surface area contributed by atoms with Gasteiger partial charge in [-0.3, -0.25) is 0 Å². The van der Waals surface area contributed by atoms with E-state index in [1.807, 2.05) is 6.20 Å². The topological polar surface area (TPSA) is 29.9 Å². The summed E-state index contributed by atoms with van der Waals surface area (Å²) in [4.78, 5) is 4.57. The van der Waals surface area contributed by atoms with Gasteiger partial charge in [0.15, 0.2) is 0 Å². The van der Waals surface area contributed by atoms with E-state index >= 15 is 0 Å². The van der Waals surface area contributed by atoms with E-state index in [4.69, 9.17) is 0 Å². The molecule has 1 aromatic heterocycles. The minimum atomic E-state index is 0.440. The summed E-state index contributed by atoms with van der Waals surface area (Å²) >= 11 is 0. The lowest BCUT2D eigenvalue weighted by Gasteiger charge is -2.40. The Morgan fingerprint density at radius 1 is 1.37 bits per heavy atom. The van der Waals surface area contributed by atoms with Gasteiger partial charge in [0.2, 0.25) is 0 Å². The number of hydrogen-bond donors (Lipinski definition) is 1. The highest BCUT2D eigenvalue weighted by molar-refractivity contribution is 5.00. The van der Waals surface area contributed by atoms with E-state index in [9.17, 15) is 0 Å². The molecular formula is C16H29N3. The van der Waals surface area contributed by atoms with Gasteiger partial charge in [-0.25, -0.2) is 4.98 Å². The summed E-state index contributed by atoms with van der Waals surface area (Å²) in [5.74, 6) is 1.24. The van der Waals surface area contributed by atoms with Crippen molar-refractivity contribution in [2.45, 2.75) is 71.4 Å². The third-order valence-electron chi connectivity index (χ3n) is 4.84. The molecule has 0 aromatic carbocycles. The molecule has 0 radical (unpaired) electrons. The highest BCUT2D eigenvalue weighted by atomic mass is 15.1. The van der Waals surface area contributed by atoms with E-state index in [-0.39, 0.29) is 0 Å². The Morgan fingerprint density at radius 3 is 2.74 bits per heavy atom. The Hall–Kier alpha value is -0.830. The number of nitrogens with zero attached hydrogens (tertiary/aromatic N) is 2. The van der Waals surface area contributed by atoms with Crippen LogP contribution >= 0.6 is 0 Å². The summed E-state index contributed by atoms with van der Waals surface area (Å²) in [5, 5.41) is 3.57.